The van der Waals surface area contributed by atoms with Gasteiger partial charge >= 0.3 is 5.97 Å². The summed E-state index contributed by atoms with van der Waals surface area (Å²) in [6.07, 6.45) is 2.02. The fraction of sp³-hybridized carbons (Fsp3) is 0.188. The van der Waals surface area contributed by atoms with E-state index >= 15 is 0 Å². The zero-order chi connectivity index (χ0) is 14.3. The largest absolute Gasteiger partial charge is 0.478 e. The van der Waals surface area contributed by atoms with Crippen molar-refractivity contribution in [2.75, 3.05) is 14.1 Å². The highest BCUT2D eigenvalue weighted by molar-refractivity contribution is 6.10. The number of hydrogen-bond donors (Lipinski definition) is 1. The summed E-state index contributed by atoms with van der Waals surface area (Å²) in [7, 11) is 4.03. The van der Waals surface area contributed by atoms with Crippen LogP contribution in [0.2, 0.25) is 0 Å². The molecule has 0 aliphatic rings. The van der Waals surface area contributed by atoms with Crippen LogP contribution in [0.3, 0.4) is 0 Å². The molecule has 0 bridgehead atoms. The summed E-state index contributed by atoms with van der Waals surface area (Å²) in [5.74, 6) is -0.885. The van der Waals surface area contributed by atoms with E-state index < -0.39 is 5.97 Å². The minimum atomic E-state index is -0.885. The van der Waals surface area contributed by atoms with Gasteiger partial charge in [-0.1, -0.05) is 24.3 Å². The molecule has 0 saturated heterocycles. The second kappa shape index (κ2) is 4.65. The van der Waals surface area contributed by atoms with Crippen LogP contribution in [0.5, 0.6) is 0 Å². The minimum absolute atomic E-state index is 0.372. The number of benzene rings is 1. The number of aromatic carboxylic acids is 1. The maximum atomic E-state index is 11.5. The van der Waals surface area contributed by atoms with Crippen LogP contribution in [-0.4, -0.2) is 34.5 Å². The van der Waals surface area contributed by atoms with Gasteiger partial charge in [0, 0.05) is 18.1 Å². The molecule has 3 aromatic rings. The summed E-state index contributed by atoms with van der Waals surface area (Å²) in [5.41, 5.74) is 3.19. The molecule has 0 fully saturated rings. The molecule has 0 aliphatic heterocycles. The lowest BCUT2D eigenvalue weighted by molar-refractivity contribution is 0.0701. The number of carboxylic acid groups (broad SMARTS) is 1. The van der Waals surface area contributed by atoms with Crippen molar-refractivity contribution in [1.29, 1.82) is 0 Å². The lowest BCUT2D eigenvalue weighted by Crippen LogP contribution is -2.11. The van der Waals surface area contributed by atoms with Gasteiger partial charge in [0.25, 0.3) is 0 Å². The number of carbonyl (C=O) groups is 1. The Hall–Kier alpha value is -2.33. The third-order valence-corrected chi connectivity index (χ3v) is 3.41. The molecule has 0 atom stereocenters. The highest BCUT2D eigenvalue weighted by atomic mass is 16.4. The molecule has 0 spiro atoms. The van der Waals surface area contributed by atoms with E-state index in [4.69, 9.17) is 0 Å². The van der Waals surface area contributed by atoms with Crippen LogP contribution in [0.4, 0.5) is 0 Å². The molecule has 0 amide bonds. The normalized spacial score (nSPS) is 11.6. The number of hydrogen-bond acceptors (Lipinski definition) is 2. The van der Waals surface area contributed by atoms with Gasteiger partial charge in [-0.05, 0) is 31.8 Å². The second-order valence-corrected chi connectivity index (χ2v) is 5.23. The first-order chi connectivity index (χ1) is 9.58. The zero-order valence-corrected chi connectivity index (χ0v) is 11.5. The van der Waals surface area contributed by atoms with Crippen molar-refractivity contribution in [3.8, 4) is 0 Å². The van der Waals surface area contributed by atoms with Crippen LogP contribution in [0.15, 0.2) is 42.6 Å². The Morgan fingerprint density at radius 3 is 2.60 bits per heavy atom. The molecule has 20 heavy (non-hydrogen) atoms. The molecular weight excluding hydrogens is 252 g/mol. The lowest BCUT2D eigenvalue weighted by atomic mass is 10.1. The number of rotatable bonds is 3. The van der Waals surface area contributed by atoms with Crippen LogP contribution < -0.4 is 0 Å². The average molecular weight is 268 g/mol. The number of para-hydroxylation sites is 1. The Morgan fingerprint density at radius 2 is 1.90 bits per heavy atom. The average Bonchev–Trinajstić information content (AvgIpc) is 2.72. The van der Waals surface area contributed by atoms with E-state index in [1.54, 1.807) is 0 Å². The van der Waals surface area contributed by atoms with Crippen LogP contribution in [0, 0.1) is 0 Å². The zero-order valence-electron chi connectivity index (χ0n) is 11.5. The SMILES string of the molecule is CN(C)Cc1ccc2c(C(=O)O)c3ccccc3n2c1. The first kappa shape index (κ1) is 12.7. The molecule has 1 N–H and O–H groups in total. The Morgan fingerprint density at radius 1 is 1.15 bits per heavy atom. The van der Waals surface area contributed by atoms with Gasteiger partial charge in [-0.25, -0.2) is 4.79 Å². The van der Waals surface area contributed by atoms with E-state index in [1.807, 2.05) is 61.1 Å². The number of carboxylic acids is 1. The molecular formula is C16H16N2O2. The van der Waals surface area contributed by atoms with E-state index in [0.717, 1.165) is 28.5 Å². The summed E-state index contributed by atoms with van der Waals surface area (Å²) in [6, 6.07) is 11.5. The Balaban J connectivity index is 2.35. The van der Waals surface area contributed by atoms with Gasteiger partial charge < -0.3 is 14.4 Å². The first-order valence-electron chi connectivity index (χ1n) is 6.47. The molecule has 1 aromatic carbocycles. The van der Waals surface area contributed by atoms with Crippen molar-refractivity contribution in [2.45, 2.75) is 6.54 Å². The van der Waals surface area contributed by atoms with E-state index in [9.17, 15) is 9.90 Å². The van der Waals surface area contributed by atoms with Crippen molar-refractivity contribution in [3.05, 3.63) is 53.7 Å². The van der Waals surface area contributed by atoms with Crippen LogP contribution in [-0.2, 0) is 6.54 Å². The van der Waals surface area contributed by atoms with Gasteiger partial charge in [0.1, 0.15) is 0 Å². The maximum Gasteiger partial charge on any atom is 0.338 e. The lowest BCUT2D eigenvalue weighted by Gasteiger charge is -2.10. The molecule has 2 heterocycles. The van der Waals surface area contributed by atoms with Crippen molar-refractivity contribution < 1.29 is 9.90 Å². The first-order valence-corrected chi connectivity index (χ1v) is 6.47. The monoisotopic (exact) mass is 268 g/mol. The summed E-state index contributed by atoms with van der Waals surface area (Å²) in [6.45, 7) is 0.824. The van der Waals surface area contributed by atoms with Gasteiger partial charge in [-0.3, -0.25) is 0 Å². The molecule has 0 saturated carbocycles. The van der Waals surface area contributed by atoms with Crippen molar-refractivity contribution >= 4 is 22.4 Å². The molecule has 3 rings (SSSR count). The van der Waals surface area contributed by atoms with E-state index in [2.05, 4.69) is 4.90 Å². The highest BCUT2D eigenvalue weighted by Crippen LogP contribution is 2.27. The Bertz CT molecular complexity index is 803. The van der Waals surface area contributed by atoms with E-state index in [0.29, 0.717) is 5.56 Å². The van der Waals surface area contributed by atoms with Gasteiger partial charge in [-0.2, -0.15) is 0 Å². The summed E-state index contributed by atoms with van der Waals surface area (Å²) in [5, 5.41) is 10.2. The topological polar surface area (TPSA) is 45.0 Å². The number of fused-ring (bicyclic) bond motifs is 3. The number of aromatic nitrogens is 1. The van der Waals surface area contributed by atoms with Gasteiger partial charge in [0.15, 0.2) is 0 Å². The van der Waals surface area contributed by atoms with Gasteiger partial charge in [0.05, 0.1) is 16.6 Å². The van der Waals surface area contributed by atoms with Crippen molar-refractivity contribution in [1.82, 2.24) is 9.30 Å². The Kier molecular flexibility index (Phi) is 2.95. The van der Waals surface area contributed by atoms with E-state index in [1.165, 1.54) is 0 Å². The van der Waals surface area contributed by atoms with Gasteiger partial charge in [-0.15, -0.1) is 0 Å². The summed E-state index contributed by atoms with van der Waals surface area (Å²) in [4.78, 5) is 13.6. The van der Waals surface area contributed by atoms with Crippen LogP contribution in [0.25, 0.3) is 16.4 Å². The molecule has 102 valence electrons. The fourth-order valence-electron chi connectivity index (χ4n) is 2.66. The molecule has 4 heteroatoms. The molecule has 2 aromatic heterocycles. The number of nitrogens with zero attached hydrogens (tertiary/aromatic N) is 2. The molecule has 0 aliphatic carbocycles. The van der Waals surface area contributed by atoms with Crippen molar-refractivity contribution in [2.24, 2.45) is 0 Å². The Labute approximate surface area is 116 Å². The molecule has 0 radical (unpaired) electrons. The summed E-state index contributed by atoms with van der Waals surface area (Å²) < 4.78 is 1.97. The minimum Gasteiger partial charge on any atom is -0.478 e. The third kappa shape index (κ3) is 1.94. The summed E-state index contributed by atoms with van der Waals surface area (Å²) >= 11 is 0. The molecule has 4 nitrogen and oxygen atoms in total. The predicted octanol–water partition coefficient (Wildman–Crippen LogP) is 2.85. The predicted molar refractivity (Wildman–Crippen MR) is 79.3 cm³/mol. The smallest absolute Gasteiger partial charge is 0.338 e. The van der Waals surface area contributed by atoms with Crippen LogP contribution in [0.1, 0.15) is 15.9 Å². The van der Waals surface area contributed by atoms with Gasteiger partial charge in [0.2, 0.25) is 0 Å². The van der Waals surface area contributed by atoms with E-state index in [-0.39, 0.29) is 0 Å². The fourth-order valence-corrected chi connectivity index (χ4v) is 2.66. The third-order valence-electron chi connectivity index (χ3n) is 3.41. The van der Waals surface area contributed by atoms with Crippen molar-refractivity contribution in [3.63, 3.8) is 0 Å². The maximum absolute atomic E-state index is 11.5. The standard InChI is InChI=1S/C16H16N2O2/c1-17(2)9-11-7-8-14-15(16(19)20)12-5-3-4-6-13(12)18(14)10-11/h3-8,10H,9H2,1-2H3,(H,19,20). The molecule has 0 unspecified atom stereocenters. The number of pyridine rings is 1. The second-order valence-electron chi connectivity index (χ2n) is 5.23. The quantitative estimate of drug-likeness (QED) is 0.794. The van der Waals surface area contributed by atoms with Crippen LogP contribution >= 0.6 is 0 Å². The highest BCUT2D eigenvalue weighted by Gasteiger charge is 2.17.